The van der Waals surface area contributed by atoms with Crippen LogP contribution in [0, 0.1) is 0 Å². The lowest BCUT2D eigenvalue weighted by Crippen LogP contribution is -2.29. The van der Waals surface area contributed by atoms with Gasteiger partial charge in [-0.15, -0.1) is 10.2 Å². The third-order valence-electron chi connectivity index (χ3n) is 5.00. The quantitative estimate of drug-likeness (QED) is 0.658. The first-order valence-electron chi connectivity index (χ1n) is 9.29. The standard InChI is InChI=1S/C21H16N4O3S/c26-17(22-21-24-23-18(29-21)13-6-7-13)14-8-9-15-16(10-14)20(28)25(19(15)27)11-12-4-2-1-3-5-12/h1-5,8-10,13H,6-7,11H2,(H,22,24,26). The highest BCUT2D eigenvalue weighted by molar-refractivity contribution is 7.15. The van der Waals surface area contributed by atoms with Gasteiger partial charge in [0.05, 0.1) is 17.7 Å². The lowest BCUT2D eigenvalue weighted by Gasteiger charge is -2.13. The zero-order chi connectivity index (χ0) is 20.0. The zero-order valence-electron chi connectivity index (χ0n) is 15.3. The van der Waals surface area contributed by atoms with Crippen LogP contribution in [0.1, 0.15) is 60.4 Å². The van der Waals surface area contributed by atoms with Gasteiger partial charge in [0.1, 0.15) is 5.01 Å². The van der Waals surface area contributed by atoms with Crippen molar-refractivity contribution in [3.05, 3.63) is 75.8 Å². The van der Waals surface area contributed by atoms with Crippen LogP contribution in [0.15, 0.2) is 48.5 Å². The summed E-state index contributed by atoms with van der Waals surface area (Å²) in [4.78, 5) is 39.2. The fourth-order valence-corrected chi connectivity index (χ4v) is 4.20. The molecule has 1 aliphatic carbocycles. The Labute approximate surface area is 170 Å². The molecular weight excluding hydrogens is 388 g/mol. The summed E-state index contributed by atoms with van der Waals surface area (Å²) in [7, 11) is 0. The molecule has 144 valence electrons. The minimum atomic E-state index is -0.393. The monoisotopic (exact) mass is 404 g/mol. The van der Waals surface area contributed by atoms with Gasteiger partial charge in [-0.1, -0.05) is 41.7 Å². The van der Waals surface area contributed by atoms with Crippen LogP contribution in [-0.2, 0) is 6.54 Å². The van der Waals surface area contributed by atoms with Gasteiger partial charge in [0, 0.05) is 11.5 Å². The van der Waals surface area contributed by atoms with Crippen LogP contribution >= 0.6 is 11.3 Å². The van der Waals surface area contributed by atoms with Gasteiger partial charge in [-0.05, 0) is 36.6 Å². The van der Waals surface area contributed by atoms with Gasteiger partial charge in [0.25, 0.3) is 17.7 Å². The van der Waals surface area contributed by atoms with E-state index in [0.29, 0.717) is 22.2 Å². The van der Waals surface area contributed by atoms with Crippen LogP contribution in [-0.4, -0.2) is 32.8 Å². The average molecular weight is 404 g/mol. The summed E-state index contributed by atoms with van der Waals surface area (Å²) in [6.45, 7) is 0.198. The zero-order valence-corrected chi connectivity index (χ0v) is 16.1. The molecule has 0 unspecified atom stereocenters. The van der Waals surface area contributed by atoms with Crippen molar-refractivity contribution < 1.29 is 14.4 Å². The van der Waals surface area contributed by atoms with Crippen molar-refractivity contribution in [3.8, 4) is 0 Å². The second-order valence-corrected chi connectivity index (χ2v) is 8.13. The average Bonchev–Trinajstić information content (AvgIpc) is 3.45. The molecule has 3 aromatic rings. The van der Waals surface area contributed by atoms with E-state index in [9.17, 15) is 14.4 Å². The Kier molecular flexibility index (Phi) is 4.21. The van der Waals surface area contributed by atoms with Crippen molar-refractivity contribution in [2.75, 3.05) is 5.32 Å². The molecule has 0 radical (unpaired) electrons. The number of aromatic nitrogens is 2. The third-order valence-corrected chi connectivity index (χ3v) is 6.01. The molecule has 5 rings (SSSR count). The largest absolute Gasteiger partial charge is 0.296 e. The Balaban J connectivity index is 1.35. The van der Waals surface area contributed by atoms with Crippen LogP contribution < -0.4 is 5.32 Å². The second kappa shape index (κ2) is 6.89. The van der Waals surface area contributed by atoms with Crippen LogP contribution in [0.3, 0.4) is 0 Å². The Morgan fingerprint density at radius 2 is 1.79 bits per heavy atom. The molecule has 2 aliphatic rings. The number of hydrogen-bond acceptors (Lipinski definition) is 6. The molecule has 1 aliphatic heterocycles. The molecule has 8 heteroatoms. The summed E-state index contributed by atoms with van der Waals surface area (Å²) in [5.74, 6) is -0.653. The Morgan fingerprint density at radius 3 is 2.55 bits per heavy atom. The van der Waals surface area contributed by atoms with Crippen molar-refractivity contribution in [1.29, 1.82) is 0 Å². The smallest absolute Gasteiger partial charge is 0.261 e. The van der Waals surface area contributed by atoms with E-state index < -0.39 is 5.91 Å². The van der Waals surface area contributed by atoms with Crippen LogP contribution in [0.4, 0.5) is 5.13 Å². The molecule has 7 nitrogen and oxygen atoms in total. The summed E-state index contributed by atoms with van der Waals surface area (Å²) in [5.41, 5.74) is 1.72. The van der Waals surface area contributed by atoms with E-state index in [1.54, 1.807) is 6.07 Å². The first-order chi connectivity index (χ1) is 14.1. The number of nitrogens with zero attached hydrogens (tertiary/aromatic N) is 3. The fraction of sp³-hybridized carbons (Fsp3) is 0.190. The van der Waals surface area contributed by atoms with E-state index in [1.165, 1.54) is 28.4 Å². The predicted octanol–water partition coefficient (Wildman–Crippen LogP) is 3.46. The number of amides is 3. The van der Waals surface area contributed by atoms with Gasteiger partial charge in [0.15, 0.2) is 0 Å². The summed E-state index contributed by atoms with van der Waals surface area (Å²) in [6, 6.07) is 13.9. The lowest BCUT2D eigenvalue weighted by atomic mass is 10.1. The highest BCUT2D eigenvalue weighted by atomic mass is 32.1. The summed E-state index contributed by atoms with van der Waals surface area (Å²) in [6.07, 6.45) is 2.23. The van der Waals surface area contributed by atoms with E-state index >= 15 is 0 Å². The fourth-order valence-electron chi connectivity index (χ4n) is 3.29. The van der Waals surface area contributed by atoms with Gasteiger partial charge in [-0.3, -0.25) is 24.6 Å². The molecule has 0 saturated heterocycles. The number of imide groups is 1. The minimum absolute atomic E-state index is 0.198. The Morgan fingerprint density at radius 1 is 1.03 bits per heavy atom. The highest BCUT2D eigenvalue weighted by Crippen LogP contribution is 2.42. The number of nitrogens with one attached hydrogen (secondary N) is 1. The third kappa shape index (κ3) is 3.31. The Hall–Kier alpha value is -3.39. The van der Waals surface area contributed by atoms with Gasteiger partial charge in [0.2, 0.25) is 5.13 Å². The van der Waals surface area contributed by atoms with E-state index in [0.717, 1.165) is 23.4 Å². The summed E-state index contributed by atoms with van der Waals surface area (Å²) >= 11 is 1.37. The highest BCUT2D eigenvalue weighted by Gasteiger charge is 2.36. The van der Waals surface area contributed by atoms with Crippen molar-refractivity contribution in [3.63, 3.8) is 0 Å². The van der Waals surface area contributed by atoms with Gasteiger partial charge in [-0.2, -0.15) is 0 Å². The van der Waals surface area contributed by atoms with Crippen molar-refractivity contribution in [2.45, 2.75) is 25.3 Å². The molecule has 2 aromatic carbocycles. The van der Waals surface area contributed by atoms with E-state index in [2.05, 4.69) is 15.5 Å². The van der Waals surface area contributed by atoms with E-state index in [-0.39, 0.29) is 23.9 Å². The number of hydrogen-bond donors (Lipinski definition) is 1. The minimum Gasteiger partial charge on any atom is -0.296 e. The first-order valence-corrected chi connectivity index (χ1v) is 10.1. The van der Waals surface area contributed by atoms with E-state index in [4.69, 9.17) is 0 Å². The molecule has 1 N–H and O–H groups in total. The maximum atomic E-state index is 12.8. The summed E-state index contributed by atoms with van der Waals surface area (Å²) in [5, 5.41) is 12.2. The predicted molar refractivity (Wildman–Crippen MR) is 107 cm³/mol. The molecule has 0 spiro atoms. The maximum Gasteiger partial charge on any atom is 0.261 e. The van der Waals surface area contributed by atoms with Crippen molar-refractivity contribution in [2.24, 2.45) is 0 Å². The molecule has 1 saturated carbocycles. The molecule has 3 amide bonds. The number of carbonyl (C=O) groups excluding carboxylic acids is 3. The molecular formula is C21H16N4O3S. The molecule has 29 heavy (non-hydrogen) atoms. The number of rotatable bonds is 5. The summed E-state index contributed by atoms with van der Waals surface area (Å²) < 4.78 is 0. The lowest BCUT2D eigenvalue weighted by molar-refractivity contribution is 0.0642. The molecule has 0 bridgehead atoms. The molecule has 1 fully saturated rings. The van der Waals surface area contributed by atoms with Crippen LogP contribution in [0.25, 0.3) is 0 Å². The number of anilines is 1. The molecule has 1 aromatic heterocycles. The van der Waals surface area contributed by atoms with Crippen LogP contribution in [0.2, 0.25) is 0 Å². The first kappa shape index (κ1) is 17.7. The number of carbonyl (C=O) groups is 3. The molecule has 0 atom stereocenters. The maximum absolute atomic E-state index is 12.8. The van der Waals surface area contributed by atoms with E-state index in [1.807, 2.05) is 30.3 Å². The second-order valence-electron chi connectivity index (χ2n) is 7.12. The van der Waals surface area contributed by atoms with Crippen molar-refractivity contribution >= 4 is 34.2 Å². The SMILES string of the molecule is O=C(Nc1nnc(C2CC2)s1)c1ccc2c(c1)C(=O)N(Cc1ccccc1)C2=O. The topological polar surface area (TPSA) is 92.3 Å². The van der Waals surface area contributed by atoms with Gasteiger partial charge >= 0.3 is 0 Å². The number of benzene rings is 2. The van der Waals surface area contributed by atoms with Crippen LogP contribution in [0.5, 0.6) is 0 Å². The number of fused-ring (bicyclic) bond motifs is 1. The normalized spacial score (nSPS) is 15.5. The van der Waals surface area contributed by atoms with Gasteiger partial charge < -0.3 is 0 Å². The van der Waals surface area contributed by atoms with Crippen molar-refractivity contribution in [1.82, 2.24) is 15.1 Å². The van der Waals surface area contributed by atoms with Gasteiger partial charge in [-0.25, -0.2) is 0 Å². The molecule has 2 heterocycles. The Bertz CT molecular complexity index is 1140.